The minimum Gasteiger partial charge on any atom is -0.496 e. The number of ether oxygens (including phenoxy) is 1. The molecule has 5 nitrogen and oxygen atoms in total. The van der Waals surface area contributed by atoms with Gasteiger partial charge in [-0.2, -0.15) is 0 Å². The second kappa shape index (κ2) is 7.81. The number of benzene rings is 1. The predicted octanol–water partition coefficient (Wildman–Crippen LogP) is 2.86. The van der Waals surface area contributed by atoms with E-state index in [1.807, 2.05) is 38.1 Å². The van der Waals surface area contributed by atoms with E-state index in [2.05, 4.69) is 11.7 Å². The third kappa shape index (κ3) is 4.12. The fourth-order valence-corrected chi connectivity index (χ4v) is 2.59. The lowest BCUT2D eigenvalue weighted by Crippen LogP contribution is -2.40. The van der Waals surface area contributed by atoms with Crippen molar-refractivity contribution in [3.8, 4) is 5.75 Å². The SMILES string of the molecule is C=CCN(C[C@@H]1CC(c2ccccc2OC)=NO1)C(=O)C(C)C. The molecule has 0 saturated heterocycles. The predicted molar refractivity (Wildman–Crippen MR) is 90.6 cm³/mol. The van der Waals surface area contributed by atoms with E-state index >= 15 is 0 Å². The van der Waals surface area contributed by atoms with Crippen molar-refractivity contribution >= 4 is 11.6 Å². The Kier molecular flexibility index (Phi) is 5.79. The Morgan fingerprint density at radius 1 is 1.52 bits per heavy atom. The molecule has 5 heteroatoms. The Morgan fingerprint density at radius 2 is 2.26 bits per heavy atom. The highest BCUT2D eigenvalue weighted by molar-refractivity contribution is 6.03. The molecule has 1 aliphatic rings. The maximum atomic E-state index is 12.2. The molecule has 0 fully saturated rings. The summed E-state index contributed by atoms with van der Waals surface area (Å²) in [6, 6.07) is 7.73. The lowest BCUT2D eigenvalue weighted by molar-refractivity contribution is -0.135. The number of nitrogens with zero attached hydrogens (tertiary/aromatic N) is 2. The monoisotopic (exact) mass is 316 g/mol. The van der Waals surface area contributed by atoms with Gasteiger partial charge in [0.2, 0.25) is 5.91 Å². The summed E-state index contributed by atoms with van der Waals surface area (Å²) in [4.78, 5) is 19.5. The summed E-state index contributed by atoms with van der Waals surface area (Å²) in [7, 11) is 1.64. The number of hydrogen-bond acceptors (Lipinski definition) is 4. The van der Waals surface area contributed by atoms with E-state index in [1.54, 1.807) is 18.1 Å². The molecule has 23 heavy (non-hydrogen) atoms. The average molecular weight is 316 g/mol. The minimum atomic E-state index is -0.141. The van der Waals surface area contributed by atoms with E-state index in [1.165, 1.54) is 0 Å². The van der Waals surface area contributed by atoms with Gasteiger partial charge in [-0.3, -0.25) is 4.79 Å². The Morgan fingerprint density at radius 3 is 2.91 bits per heavy atom. The molecule has 1 amide bonds. The molecule has 0 aliphatic carbocycles. The van der Waals surface area contributed by atoms with Crippen LogP contribution in [0.4, 0.5) is 0 Å². The molecule has 0 unspecified atom stereocenters. The summed E-state index contributed by atoms with van der Waals surface area (Å²) in [5, 5.41) is 4.19. The highest BCUT2D eigenvalue weighted by Gasteiger charge is 2.28. The summed E-state index contributed by atoms with van der Waals surface area (Å²) in [5.74, 6) is 0.821. The third-order valence-corrected chi connectivity index (χ3v) is 3.73. The topological polar surface area (TPSA) is 51.1 Å². The second-order valence-corrected chi connectivity index (χ2v) is 5.86. The van der Waals surface area contributed by atoms with Gasteiger partial charge in [0.05, 0.1) is 19.4 Å². The number of para-hydroxylation sites is 1. The van der Waals surface area contributed by atoms with Crippen LogP contribution in [0.25, 0.3) is 0 Å². The summed E-state index contributed by atoms with van der Waals surface area (Å²) in [6.45, 7) is 8.53. The van der Waals surface area contributed by atoms with Gasteiger partial charge in [-0.05, 0) is 12.1 Å². The summed E-state index contributed by atoms with van der Waals surface area (Å²) in [5.41, 5.74) is 1.78. The molecule has 1 aromatic rings. The van der Waals surface area contributed by atoms with E-state index in [0.29, 0.717) is 19.5 Å². The van der Waals surface area contributed by atoms with Crippen molar-refractivity contribution < 1.29 is 14.4 Å². The van der Waals surface area contributed by atoms with Crippen molar-refractivity contribution in [1.82, 2.24) is 4.90 Å². The van der Waals surface area contributed by atoms with E-state index < -0.39 is 0 Å². The van der Waals surface area contributed by atoms with Crippen LogP contribution in [0.2, 0.25) is 0 Å². The number of amides is 1. The maximum absolute atomic E-state index is 12.2. The quantitative estimate of drug-likeness (QED) is 0.727. The van der Waals surface area contributed by atoms with Gasteiger partial charge < -0.3 is 14.5 Å². The molecule has 124 valence electrons. The van der Waals surface area contributed by atoms with E-state index in [0.717, 1.165) is 17.0 Å². The minimum absolute atomic E-state index is 0.0500. The zero-order valence-electron chi connectivity index (χ0n) is 14.0. The molecule has 0 saturated carbocycles. The molecule has 0 aromatic heterocycles. The molecule has 0 bridgehead atoms. The molecule has 1 atom stereocenters. The zero-order valence-corrected chi connectivity index (χ0v) is 14.0. The van der Waals surface area contributed by atoms with Crippen molar-refractivity contribution in [3.05, 3.63) is 42.5 Å². The number of carbonyl (C=O) groups excluding carboxylic acids is 1. The molecular formula is C18H24N2O3. The van der Waals surface area contributed by atoms with Crippen LogP contribution in [0.3, 0.4) is 0 Å². The van der Waals surface area contributed by atoms with Crippen LogP contribution in [0.5, 0.6) is 5.75 Å². The van der Waals surface area contributed by atoms with Crippen LogP contribution in [-0.4, -0.2) is 42.8 Å². The first-order valence-corrected chi connectivity index (χ1v) is 7.82. The first-order valence-electron chi connectivity index (χ1n) is 7.82. The van der Waals surface area contributed by atoms with Crippen LogP contribution in [0.1, 0.15) is 25.8 Å². The summed E-state index contributed by atoms with van der Waals surface area (Å²) < 4.78 is 5.37. The van der Waals surface area contributed by atoms with Gasteiger partial charge in [0, 0.05) is 24.4 Å². The van der Waals surface area contributed by atoms with Crippen LogP contribution in [0.15, 0.2) is 42.1 Å². The Balaban J connectivity index is 2.03. The largest absolute Gasteiger partial charge is 0.496 e. The van der Waals surface area contributed by atoms with E-state index in [-0.39, 0.29) is 17.9 Å². The highest BCUT2D eigenvalue weighted by Crippen LogP contribution is 2.25. The molecule has 0 radical (unpaired) electrons. The molecule has 0 N–H and O–H groups in total. The van der Waals surface area contributed by atoms with Crippen LogP contribution in [-0.2, 0) is 9.63 Å². The van der Waals surface area contributed by atoms with Crippen LogP contribution < -0.4 is 4.74 Å². The number of hydrogen-bond donors (Lipinski definition) is 0. The standard InChI is InChI=1S/C18H24N2O3/c1-5-10-20(18(21)13(2)3)12-14-11-16(19-23-14)15-8-6-7-9-17(15)22-4/h5-9,13-14H,1,10-12H2,2-4H3/t14-/m0/s1. The lowest BCUT2D eigenvalue weighted by atomic mass is 10.0. The number of oxime groups is 1. The van der Waals surface area contributed by atoms with Crippen molar-refractivity contribution in [2.24, 2.45) is 11.1 Å². The fraction of sp³-hybridized carbons (Fsp3) is 0.444. The molecule has 1 heterocycles. The second-order valence-electron chi connectivity index (χ2n) is 5.86. The van der Waals surface area contributed by atoms with Gasteiger partial charge in [-0.1, -0.05) is 37.2 Å². The Bertz CT molecular complexity index is 596. The number of rotatable bonds is 7. The van der Waals surface area contributed by atoms with Crippen LogP contribution in [0, 0.1) is 5.92 Å². The van der Waals surface area contributed by atoms with Gasteiger partial charge in [0.1, 0.15) is 5.75 Å². The highest BCUT2D eigenvalue weighted by atomic mass is 16.6. The van der Waals surface area contributed by atoms with E-state index in [9.17, 15) is 4.79 Å². The molecule has 2 rings (SSSR count). The average Bonchev–Trinajstić information content (AvgIpc) is 3.02. The molecule has 0 spiro atoms. The van der Waals surface area contributed by atoms with Crippen molar-refractivity contribution in [3.63, 3.8) is 0 Å². The van der Waals surface area contributed by atoms with Gasteiger partial charge in [-0.15, -0.1) is 6.58 Å². The first-order chi connectivity index (χ1) is 11.1. The number of carbonyl (C=O) groups is 1. The number of methoxy groups -OCH3 is 1. The third-order valence-electron chi connectivity index (χ3n) is 3.73. The summed E-state index contributed by atoms with van der Waals surface area (Å²) in [6.07, 6.45) is 2.24. The summed E-state index contributed by atoms with van der Waals surface area (Å²) >= 11 is 0. The normalized spacial score (nSPS) is 16.7. The van der Waals surface area contributed by atoms with Gasteiger partial charge in [-0.25, -0.2) is 0 Å². The maximum Gasteiger partial charge on any atom is 0.225 e. The van der Waals surface area contributed by atoms with Gasteiger partial charge in [0.25, 0.3) is 0 Å². The Hall–Kier alpha value is -2.30. The van der Waals surface area contributed by atoms with Crippen molar-refractivity contribution in [2.75, 3.05) is 20.2 Å². The Labute approximate surface area is 137 Å². The van der Waals surface area contributed by atoms with Crippen LogP contribution >= 0.6 is 0 Å². The molecule has 1 aromatic carbocycles. The van der Waals surface area contributed by atoms with Gasteiger partial charge in [0.15, 0.2) is 6.10 Å². The molecular weight excluding hydrogens is 292 g/mol. The fourth-order valence-electron chi connectivity index (χ4n) is 2.59. The first kappa shape index (κ1) is 17.1. The zero-order chi connectivity index (χ0) is 16.8. The van der Waals surface area contributed by atoms with Crippen molar-refractivity contribution in [1.29, 1.82) is 0 Å². The van der Waals surface area contributed by atoms with Crippen molar-refractivity contribution in [2.45, 2.75) is 26.4 Å². The van der Waals surface area contributed by atoms with E-state index in [4.69, 9.17) is 9.57 Å². The van der Waals surface area contributed by atoms with Gasteiger partial charge >= 0.3 is 0 Å². The lowest BCUT2D eigenvalue weighted by Gasteiger charge is -2.25. The molecule has 1 aliphatic heterocycles. The smallest absolute Gasteiger partial charge is 0.225 e.